The van der Waals surface area contributed by atoms with Gasteiger partial charge in [-0.3, -0.25) is 4.79 Å². The highest BCUT2D eigenvalue weighted by atomic mass is 127. The van der Waals surface area contributed by atoms with Crippen molar-refractivity contribution < 1.29 is 4.79 Å². The molecule has 1 amide bonds. The van der Waals surface area contributed by atoms with E-state index in [0.29, 0.717) is 18.1 Å². The van der Waals surface area contributed by atoms with Crippen LogP contribution in [0.5, 0.6) is 0 Å². The average Bonchev–Trinajstić information content (AvgIpc) is 2.95. The fraction of sp³-hybridized carbons (Fsp3) is 0.222. The van der Waals surface area contributed by atoms with Crippen LogP contribution < -0.4 is 5.32 Å². The first kappa shape index (κ1) is 17.5. The van der Waals surface area contributed by atoms with Crippen LogP contribution in [0.2, 0.25) is 0 Å². The Morgan fingerprint density at radius 3 is 2.70 bits per heavy atom. The lowest BCUT2D eigenvalue weighted by Crippen LogP contribution is -2.24. The molecule has 0 saturated heterocycles. The van der Waals surface area contributed by atoms with Crippen LogP contribution in [-0.4, -0.2) is 15.9 Å². The molecule has 2 aromatic rings. The molecule has 0 atom stereocenters. The van der Waals surface area contributed by atoms with Crippen molar-refractivity contribution in [1.29, 1.82) is 0 Å². The Morgan fingerprint density at radius 2 is 2.09 bits per heavy atom. The molecular formula is C18H20IN3O. The average molecular weight is 421 g/mol. The summed E-state index contributed by atoms with van der Waals surface area (Å²) in [5, 5.41) is 2.92. The zero-order valence-corrected chi connectivity index (χ0v) is 15.5. The lowest BCUT2D eigenvalue weighted by atomic mass is 10.2. The number of hydrogen-bond donors (Lipinski definition) is 2. The molecule has 0 spiro atoms. The Bertz CT molecular complexity index is 729. The van der Waals surface area contributed by atoms with E-state index >= 15 is 0 Å². The van der Waals surface area contributed by atoms with Gasteiger partial charge in [0, 0.05) is 15.8 Å². The molecule has 0 saturated carbocycles. The van der Waals surface area contributed by atoms with Crippen LogP contribution in [0.1, 0.15) is 41.4 Å². The quantitative estimate of drug-likeness (QED) is 0.545. The summed E-state index contributed by atoms with van der Waals surface area (Å²) in [5.41, 5.74) is 3.30. The molecule has 1 heterocycles. The molecular weight excluding hydrogens is 401 g/mol. The summed E-state index contributed by atoms with van der Waals surface area (Å²) < 4.78 is 1.17. The van der Waals surface area contributed by atoms with Gasteiger partial charge in [-0.2, -0.15) is 0 Å². The summed E-state index contributed by atoms with van der Waals surface area (Å²) in [6, 6.07) is 8.06. The highest BCUT2D eigenvalue weighted by molar-refractivity contribution is 14.1. The molecule has 0 aliphatic carbocycles. The predicted molar refractivity (Wildman–Crippen MR) is 102 cm³/mol. The molecule has 0 aliphatic heterocycles. The van der Waals surface area contributed by atoms with Crippen molar-refractivity contribution >= 4 is 34.6 Å². The minimum atomic E-state index is -0.161. The van der Waals surface area contributed by atoms with Gasteiger partial charge in [0.25, 0.3) is 5.91 Å². The van der Waals surface area contributed by atoms with Gasteiger partial charge in [-0.25, -0.2) is 4.98 Å². The Labute approximate surface area is 150 Å². The van der Waals surface area contributed by atoms with Gasteiger partial charge in [0.2, 0.25) is 0 Å². The molecule has 0 bridgehead atoms. The number of nitrogens with zero attached hydrogens (tertiary/aromatic N) is 1. The van der Waals surface area contributed by atoms with Crippen molar-refractivity contribution in [2.24, 2.45) is 0 Å². The van der Waals surface area contributed by atoms with Crippen molar-refractivity contribution in [2.75, 3.05) is 0 Å². The predicted octanol–water partition coefficient (Wildman–Crippen LogP) is 4.10. The number of hydrogen-bond acceptors (Lipinski definition) is 2. The van der Waals surface area contributed by atoms with Gasteiger partial charge in [0.05, 0.1) is 0 Å². The van der Waals surface area contributed by atoms with E-state index in [0.717, 1.165) is 23.3 Å². The van der Waals surface area contributed by atoms with Gasteiger partial charge in [0.15, 0.2) is 0 Å². The van der Waals surface area contributed by atoms with Crippen molar-refractivity contribution in [3.05, 3.63) is 68.8 Å². The monoisotopic (exact) mass is 421 g/mol. The Kier molecular flexibility index (Phi) is 6.15. The van der Waals surface area contributed by atoms with Crippen LogP contribution in [0.15, 0.2) is 42.5 Å². The minimum absolute atomic E-state index is 0.161. The van der Waals surface area contributed by atoms with E-state index in [4.69, 9.17) is 0 Å². The molecule has 2 N–H and O–H groups in total. The molecule has 0 fully saturated rings. The molecule has 23 heavy (non-hydrogen) atoms. The molecule has 120 valence electrons. The number of aryl methyl sites for hydroxylation is 1. The number of imidazole rings is 1. The second-order valence-electron chi connectivity index (χ2n) is 5.29. The SMILES string of the molecule is C=C(C)/C=C\c1nc(C(=O)NCc2ccc(I)cc2)c(CC)[nH]1. The zero-order chi connectivity index (χ0) is 16.8. The molecule has 0 radical (unpaired) electrons. The van der Waals surface area contributed by atoms with Gasteiger partial charge in [-0.15, -0.1) is 0 Å². The maximum atomic E-state index is 12.4. The maximum Gasteiger partial charge on any atom is 0.272 e. The largest absolute Gasteiger partial charge is 0.347 e. The number of nitrogens with one attached hydrogen (secondary N) is 2. The van der Waals surface area contributed by atoms with Crippen LogP contribution in [0.25, 0.3) is 6.08 Å². The number of H-pyrrole nitrogens is 1. The number of benzene rings is 1. The van der Waals surface area contributed by atoms with E-state index in [9.17, 15) is 4.79 Å². The van der Waals surface area contributed by atoms with Crippen molar-refractivity contribution in [2.45, 2.75) is 26.8 Å². The number of aromatic amines is 1. The highest BCUT2D eigenvalue weighted by Gasteiger charge is 2.15. The van der Waals surface area contributed by atoms with Crippen LogP contribution in [0.4, 0.5) is 0 Å². The minimum Gasteiger partial charge on any atom is -0.347 e. The summed E-state index contributed by atoms with van der Waals surface area (Å²) in [6.45, 7) is 8.21. The Morgan fingerprint density at radius 1 is 1.39 bits per heavy atom. The molecule has 2 rings (SSSR count). The summed E-state index contributed by atoms with van der Waals surface area (Å²) in [7, 11) is 0. The van der Waals surface area contributed by atoms with Crippen LogP contribution in [0.3, 0.4) is 0 Å². The number of aromatic nitrogens is 2. The normalized spacial score (nSPS) is 10.9. The van der Waals surface area contributed by atoms with E-state index in [1.54, 1.807) is 0 Å². The van der Waals surface area contributed by atoms with Gasteiger partial charge < -0.3 is 10.3 Å². The summed E-state index contributed by atoms with van der Waals surface area (Å²) in [4.78, 5) is 19.9. The third-order valence-corrected chi connectivity index (χ3v) is 3.98. The van der Waals surface area contributed by atoms with Crippen molar-refractivity contribution in [1.82, 2.24) is 15.3 Å². The Hall–Kier alpha value is -1.89. The maximum absolute atomic E-state index is 12.4. The van der Waals surface area contributed by atoms with E-state index in [1.807, 2.05) is 50.3 Å². The highest BCUT2D eigenvalue weighted by Crippen LogP contribution is 2.11. The smallest absolute Gasteiger partial charge is 0.272 e. The summed E-state index contributed by atoms with van der Waals surface area (Å²) >= 11 is 2.26. The molecule has 0 unspecified atom stereocenters. The van der Waals surface area contributed by atoms with E-state index in [-0.39, 0.29) is 5.91 Å². The van der Waals surface area contributed by atoms with E-state index in [1.165, 1.54) is 3.57 Å². The fourth-order valence-corrected chi connectivity index (χ4v) is 2.40. The van der Waals surface area contributed by atoms with Gasteiger partial charge in [-0.1, -0.05) is 37.3 Å². The fourth-order valence-electron chi connectivity index (χ4n) is 2.04. The van der Waals surface area contributed by atoms with Gasteiger partial charge in [-0.05, 0) is 59.7 Å². The lowest BCUT2D eigenvalue weighted by Gasteiger charge is -2.05. The Balaban J connectivity index is 2.08. The van der Waals surface area contributed by atoms with E-state index in [2.05, 4.69) is 44.5 Å². The lowest BCUT2D eigenvalue weighted by molar-refractivity contribution is 0.0945. The van der Waals surface area contributed by atoms with Crippen molar-refractivity contribution in [3.8, 4) is 0 Å². The third kappa shape index (κ3) is 5.06. The number of carbonyl (C=O) groups is 1. The van der Waals surface area contributed by atoms with Gasteiger partial charge >= 0.3 is 0 Å². The molecule has 1 aromatic carbocycles. The molecule has 5 heteroatoms. The van der Waals surface area contributed by atoms with Crippen LogP contribution >= 0.6 is 22.6 Å². The number of allylic oxidation sites excluding steroid dienone is 2. The first-order valence-electron chi connectivity index (χ1n) is 7.44. The zero-order valence-electron chi connectivity index (χ0n) is 13.3. The molecule has 4 nitrogen and oxygen atoms in total. The molecule has 0 aliphatic rings. The number of halogens is 1. The van der Waals surface area contributed by atoms with E-state index < -0.39 is 0 Å². The third-order valence-electron chi connectivity index (χ3n) is 3.26. The molecule has 1 aromatic heterocycles. The summed E-state index contributed by atoms with van der Waals surface area (Å²) in [6.07, 6.45) is 4.42. The first-order chi connectivity index (χ1) is 11.0. The van der Waals surface area contributed by atoms with Gasteiger partial charge in [0.1, 0.15) is 11.5 Å². The number of rotatable bonds is 6. The second kappa shape index (κ2) is 8.10. The number of amides is 1. The first-order valence-corrected chi connectivity index (χ1v) is 8.52. The second-order valence-corrected chi connectivity index (χ2v) is 6.54. The van der Waals surface area contributed by atoms with Crippen molar-refractivity contribution in [3.63, 3.8) is 0 Å². The van der Waals surface area contributed by atoms with Crippen LogP contribution in [-0.2, 0) is 13.0 Å². The van der Waals surface area contributed by atoms with Crippen LogP contribution in [0, 0.1) is 3.57 Å². The number of carbonyl (C=O) groups excluding carboxylic acids is 1. The standard InChI is InChI=1S/C18H20IN3O/c1-4-15-17(22-16(21-15)10-5-12(2)3)18(23)20-11-13-6-8-14(19)9-7-13/h5-10H,2,4,11H2,1,3H3,(H,20,23)(H,21,22)/b10-5-. The topological polar surface area (TPSA) is 57.8 Å². The summed E-state index contributed by atoms with van der Waals surface area (Å²) in [5.74, 6) is 0.510.